The van der Waals surface area contributed by atoms with Crippen LogP contribution in [0.25, 0.3) is 0 Å². The monoisotopic (exact) mass is 256 g/mol. The summed E-state index contributed by atoms with van der Waals surface area (Å²) in [5, 5.41) is 11.8. The minimum Gasteiger partial charge on any atom is -0.392 e. The van der Waals surface area contributed by atoms with Gasteiger partial charge in [-0.1, -0.05) is 0 Å². The van der Waals surface area contributed by atoms with E-state index >= 15 is 0 Å². The number of amides is 1. The van der Waals surface area contributed by atoms with E-state index in [2.05, 4.69) is 15.3 Å². The lowest BCUT2D eigenvalue weighted by Crippen LogP contribution is -2.37. The molecule has 6 nitrogen and oxygen atoms in total. The molecule has 1 saturated heterocycles. The van der Waals surface area contributed by atoms with E-state index in [0.717, 1.165) is 25.1 Å². The van der Waals surface area contributed by atoms with E-state index < -0.39 is 0 Å². The number of nitrogens with one attached hydrogen (secondary N) is 1. The first kappa shape index (κ1) is 12.4. The SMILES string of the molecule is NNC(=O)c1nc(CN2CCCC(O)C2)cs1. The van der Waals surface area contributed by atoms with E-state index in [0.29, 0.717) is 18.1 Å². The topological polar surface area (TPSA) is 91.5 Å². The highest BCUT2D eigenvalue weighted by molar-refractivity contribution is 7.11. The molecule has 4 N–H and O–H groups in total. The Balaban J connectivity index is 1.94. The molecule has 1 fully saturated rings. The number of nitrogens with zero attached hydrogens (tertiary/aromatic N) is 2. The number of nitrogen functional groups attached to an aromatic ring is 1. The number of carbonyl (C=O) groups excluding carboxylic acids is 1. The van der Waals surface area contributed by atoms with Crippen molar-refractivity contribution in [2.75, 3.05) is 13.1 Å². The minimum absolute atomic E-state index is 0.241. The van der Waals surface area contributed by atoms with Gasteiger partial charge in [0.25, 0.3) is 5.91 Å². The van der Waals surface area contributed by atoms with Gasteiger partial charge in [0.05, 0.1) is 11.8 Å². The fourth-order valence-electron chi connectivity index (χ4n) is 1.95. The molecule has 1 aliphatic heterocycles. The van der Waals surface area contributed by atoms with Gasteiger partial charge in [0, 0.05) is 18.5 Å². The zero-order valence-electron chi connectivity index (χ0n) is 9.43. The maximum absolute atomic E-state index is 11.2. The van der Waals surface area contributed by atoms with Crippen molar-refractivity contribution in [3.05, 3.63) is 16.1 Å². The van der Waals surface area contributed by atoms with Gasteiger partial charge in [0.15, 0.2) is 5.01 Å². The maximum atomic E-state index is 11.2. The third-order valence-electron chi connectivity index (χ3n) is 2.74. The predicted octanol–water partition coefficient (Wildman–Crippen LogP) is -0.297. The van der Waals surface area contributed by atoms with Crippen LogP contribution in [0.2, 0.25) is 0 Å². The minimum atomic E-state index is -0.361. The molecule has 0 spiro atoms. The molecule has 0 saturated carbocycles. The number of piperidine rings is 1. The van der Waals surface area contributed by atoms with Crippen molar-refractivity contribution in [2.24, 2.45) is 5.84 Å². The van der Waals surface area contributed by atoms with Crippen molar-refractivity contribution in [3.63, 3.8) is 0 Å². The number of likely N-dealkylation sites (tertiary alicyclic amines) is 1. The predicted molar refractivity (Wildman–Crippen MR) is 64.3 cm³/mol. The second-order valence-electron chi connectivity index (χ2n) is 4.15. The van der Waals surface area contributed by atoms with Crippen molar-refractivity contribution >= 4 is 17.2 Å². The number of hydrazine groups is 1. The molecule has 2 rings (SSSR count). The number of hydrogen-bond donors (Lipinski definition) is 3. The van der Waals surface area contributed by atoms with Crippen LogP contribution in [0.15, 0.2) is 5.38 Å². The van der Waals surface area contributed by atoms with E-state index in [9.17, 15) is 9.90 Å². The summed E-state index contributed by atoms with van der Waals surface area (Å²) in [4.78, 5) is 17.6. The van der Waals surface area contributed by atoms with Crippen molar-refractivity contribution in [1.82, 2.24) is 15.3 Å². The molecule has 0 radical (unpaired) electrons. The number of carbonyl (C=O) groups is 1. The molecule has 1 unspecified atom stereocenters. The van der Waals surface area contributed by atoms with Gasteiger partial charge >= 0.3 is 0 Å². The fourth-order valence-corrected chi connectivity index (χ4v) is 2.66. The maximum Gasteiger partial charge on any atom is 0.294 e. The molecule has 1 aromatic heterocycles. The molecule has 0 aromatic carbocycles. The Morgan fingerprint density at radius 1 is 1.76 bits per heavy atom. The number of nitrogens with two attached hydrogens (primary N) is 1. The summed E-state index contributed by atoms with van der Waals surface area (Å²) in [7, 11) is 0. The Hall–Kier alpha value is -1.02. The zero-order chi connectivity index (χ0) is 12.3. The molecular weight excluding hydrogens is 240 g/mol. The number of aromatic nitrogens is 1. The van der Waals surface area contributed by atoms with Crippen LogP contribution >= 0.6 is 11.3 Å². The van der Waals surface area contributed by atoms with Gasteiger partial charge in [-0.2, -0.15) is 0 Å². The van der Waals surface area contributed by atoms with Crippen LogP contribution in [-0.2, 0) is 6.54 Å². The second kappa shape index (κ2) is 5.54. The average Bonchev–Trinajstić information content (AvgIpc) is 2.76. The van der Waals surface area contributed by atoms with Crippen molar-refractivity contribution in [3.8, 4) is 0 Å². The molecule has 0 bridgehead atoms. The normalized spacial score (nSPS) is 21.4. The summed E-state index contributed by atoms with van der Waals surface area (Å²) in [6, 6.07) is 0. The Morgan fingerprint density at radius 3 is 3.29 bits per heavy atom. The van der Waals surface area contributed by atoms with Crippen LogP contribution in [0, 0.1) is 0 Å². The molecule has 0 aliphatic carbocycles. The molecule has 1 amide bonds. The number of rotatable bonds is 3. The first-order valence-corrected chi connectivity index (χ1v) is 6.43. The van der Waals surface area contributed by atoms with Gasteiger partial charge in [0.1, 0.15) is 0 Å². The van der Waals surface area contributed by atoms with Gasteiger partial charge < -0.3 is 5.11 Å². The van der Waals surface area contributed by atoms with Gasteiger partial charge in [-0.05, 0) is 19.4 Å². The Morgan fingerprint density at radius 2 is 2.59 bits per heavy atom. The first-order chi connectivity index (χ1) is 8.19. The summed E-state index contributed by atoms with van der Waals surface area (Å²) in [5.41, 5.74) is 2.91. The van der Waals surface area contributed by atoms with E-state index in [1.54, 1.807) is 0 Å². The molecule has 17 heavy (non-hydrogen) atoms. The highest BCUT2D eigenvalue weighted by Gasteiger charge is 2.19. The Labute approximate surface area is 103 Å². The fraction of sp³-hybridized carbons (Fsp3) is 0.600. The summed E-state index contributed by atoms with van der Waals surface area (Å²) < 4.78 is 0. The van der Waals surface area contributed by atoms with Crippen molar-refractivity contribution in [1.29, 1.82) is 0 Å². The highest BCUT2D eigenvalue weighted by Crippen LogP contribution is 2.15. The lowest BCUT2D eigenvalue weighted by atomic mass is 10.1. The third-order valence-corrected chi connectivity index (χ3v) is 3.63. The summed E-state index contributed by atoms with van der Waals surface area (Å²) in [6.45, 7) is 2.31. The van der Waals surface area contributed by atoms with Gasteiger partial charge in [-0.3, -0.25) is 15.1 Å². The molecule has 1 atom stereocenters. The Bertz CT molecular complexity index is 395. The average molecular weight is 256 g/mol. The molecule has 1 aromatic rings. The summed E-state index contributed by atoms with van der Waals surface area (Å²) in [5.74, 6) is 4.68. The molecule has 1 aliphatic rings. The summed E-state index contributed by atoms with van der Waals surface area (Å²) >= 11 is 1.28. The molecular formula is C10H16N4O2S. The van der Waals surface area contributed by atoms with Crippen LogP contribution in [-0.4, -0.2) is 40.1 Å². The number of thiazole rings is 1. The lowest BCUT2D eigenvalue weighted by Gasteiger charge is -2.29. The zero-order valence-corrected chi connectivity index (χ0v) is 10.2. The first-order valence-electron chi connectivity index (χ1n) is 5.55. The number of aliphatic hydroxyl groups excluding tert-OH is 1. The summed E-state index contributed by atoms with van der Waals surface area (Å²) in [6.07, 6.45) is 1.63. The van der Waals surface area contributed by atoms with Crippen LogP contribution in [0.3, 0.4) is 0 Å². The Kier molecular flexibility index (Phi) is 4.06. The number of hydrogen-bond acceptors (Lipinski definition) is 6. The second-order valence-corrected chi connectivity index (χ2v) is 5.01. The standard InChI is InChI=1S/C10H16N4O2S/c11-13-9(16)10-12-7(6-17-10)4-14-3-1-2-8(15)5-14/h6,8,15H,1-5,11H2,(H,13,16). The van der Waals surface area contributed by atoms with Crippen LogP contribution in [0.4, 0.5) is 0 Å². The lowest BCUT2D eigenvalue weighted by molar-refractivity contribution is 0.0662. The van der Waals surface area contributed by atoms with Crippen molar-refractivity contribution in [2.45, 2.75) is 25.5 Å². The molecule has 7 heteroatoms. The van der Waals surface area contributed by atoms with E-state index in [-0.39, 0.29) is 12.0 Å². The van der Waals surface area contributed by atoms with Crippen LogP contribution < -0.4 is 11.3 Å². The number of aliphatic hydroxyl groups is 1. The van der Waals surface area contributed by atoms with Gasteiger partial charge in [-0.15, -0.1) is 11.3 Å². The highest BCUT2D eigenvalue weighted by atomic mass is 32.1. The smallest absolute Gasteiger partial charge is 0.294 e. The van der Waals surface area contributed by atoms with Gasteiger partial charge in [-0.25, -0.2) is 10.8 Å². The van der Waals surface area contributed by atoms with E-state index in [1.165, 1.54) is 11.3 Å². The number of β-amino-alcohol motifs (C(OH)–C–C–N with tert-alkyl or cyclic N) is 1. The van der Waals surface area contributed by atoms with Crippen molar-refractivity contribution < 1.29 is 9.90 Å². The molecule has 2 heterocycles. The van der Waals surface area contributed by atoms with Crippen LogP contribution in [0.5, 0.6) is 0 Å². The van der Waals surface area contributed by atoms with Gasteiger partial charge in [0.2, 0.25) is 0 Å². The van der Waals surface area contributed by atoms with E-state index in [4.69, 9.17) is 5.84 Å². The van der Waals surface area contributed by atoms with Crippen LogP contribution in [0.1, 0.15) is 28.3 Å². The van der Waals surface area contributed by atoms with E-state index in [1.807, 2.05) is 5.38 Å². The molecule has 94 valence electrons. The quantitative estimate of drug-likeness (QED) is 0.392. The largest absolute Gasteiger partial charge is 0.392 e. The third kappa shape index (κ3) is 3.22.